The highest BCUT2D eigenvalue weighted by Crippen LogP contribution is 2.26. The van der Waals surface area contributed by atoms with E-state index in [1.807, 2.05) is 13.8 Å². The summed E-state index contributed by atoms with van der Waals surface area (Å²) >= 11 is 3.27. The Hall–Kier alpha value is -1.27. The smallest absolute Gasteiger partial charge is 0.229 e. The second-order valence-electron chi connectivity index (χ2n) is 4.29. The van der Waals surface area contributed by atoms with Crippen molar-refractivity contribution in [3.8, 4) is 0 Å². The van der Waals surface area contributed by atoms with Gasteiger partial charge in [0.1, 0.15) is 5.82 Å². The molecule has 2 aromatic rings. The van der Waals surface area contributed by atoms with Gasteiger partial charge in [-0.3, -0.25) is 0 Å². The molecule has 18 heavy (non-hydrogen) atoms. The first-order chi connectivity index (χ1) is 8.49. The molecule has 0 fully saturated rings. The van der Waals surface area contributed by atoms with Gasteiger partial charge in [-0.2, -0.15) is 4.98 Å². The van der Waals surface area contributed by atoms with Crippen LogP contribution in [0, 0.1) is 5.82 Å². The number of hydrogen-bond acceptors (Lipinski definition) is 4. The first kappa shape index (κ1) is 13.2. The number of halogens is 2. The van der Waals surface area contributed by atoms with E-state index in [4.69, 9.17) is 10.3 Å². The first-order valence-corrected chi connectivity index (χ1v) is 6.32. The van der Waals surface area contributed by atoms with E-state index in [1.165, 1.54) is 12.1 Å². The van der Waals surface area contributed by atoms with Gasteiger partial charge in [0.2, 0.25) is 5.89 Å². The molecule has 4 nitrogen and oxygen atoms in total. The third-order valence-corrected chi connectivity index (χ3v) is 3.21. The van der Waals surface area contributed by atoms with Crippen molar-refractivity contribution in [2.75, 3.05) is 0 Å². The fraction of sp³-hybridized carbons (Fsp3) is 0.333. The Morgan fingerprint density at radius 2 is 2.11 bits per heavy atom. The lowest BCUT2D eigenvalue weighted by molar-refractivity contribution is 0.359. The summed E-state index contributed by atoms with van der Waals surface area (Å²) in [6.07, 6.45) is 0. The SMILES string of the molecule is CC(C)c1nc(C(N)c2ccc(F)cc2Br)no1. The quantitative estimate of drug-likeness (QED) is 0.945. The van der Waals surface area contributed by atoms with Crippen LogP contribution in [0.25, 0.3) is 0 Å². The average molecular weight is 314 g/mol. The lowest BCUT2D eigenvalue weighted by Gasteiger charge is -2.09. The van der Waals surface area contributed by atoms with Gasteiger partial charge in [-0.25, -0.2) is 4.39 Å². The molecule has 0 amide bonds. The van der Waals surface area contributed by atoms with Gasteiger partial charge in [-0.15, -0.1) is 0 Å². The molecule has 0 saturated heterocycles. The predicted molar refractivity (Wildman–Crippen MR) is 68.5 cm³/mol. The molecule has 0 aliphatic heterocycles. The van der Waals surface area contributed by atoms with Crippen molar-refractivity contribution >= 4 is 15.9 Å². The van der Waals surface area contributed by atoms with Gasteiger partial charge in [0.15, 0.2) is 5.82 Å². The van der Waals surface area contributed by atoms with Crippen LogP contribution in [0.3, 0.4) is 0 Å². The minimum atomic E-state index is -0.545. The van der Waals surface area contributed by atoms with E-state index in [2.05, 4.69) is 26.1 Å². The van der Waals surface area contributed by atoms with Gasteiger partial charge in [-0.05, 0) is 17.7 Å². The largest absolute Gasteiger partial charge is 0.339 e. The van der Waals surface area contributed by atoms with Crippen LogP contribution in [0.15, 0.2) is 27.2 Å². The molecule has 1 unspecified atom stereocenters. The number of nitrogens with zero attached hydrogens (tertiary/aromatic N) is 2. The number of nitrogens with two attached hydrogens (primary N) is 1. The molecule has 0 aliphatic carbocycles. The Balaban J connectivity index is 2.32. The standard InChI is InChI=1S/C12H13BrFN3O/c1-6(2)12-16-11(17-18-12)10(15)8-4-3-7(14)5-9(8)13/h3-6,10H,15H2,1-2H3. The summed E-state index contributed by atoms with van der Waals surface area (Å²) in [5.74, 6) is 0.758. The van der Waals surface area contributed by atoms with Crippen LogP contribution in [0.4, 0.5) is 4.39 Å². The van der Waals surface area contributed by atoms with Gasteiger partial charge in [0.25, 0.3) is 0 Å². The molecule has 1 aromatic carbocycles. The summed E-state index contributed by atoms with van der Waals surface area (Å²) in [6, 6.07) is 3.77. The highest BCUT2D eigenvalue weighted by Gasteiger charge is 2.19. The fourth-order valence-corrected chi connectivity index (χ4v) is 2.10. The molecule has 1 aromatic heterocycles. The maximum absolute atomic E-state index is 13.0. The molecule has 1 atom stereocenters. The van der Waals surface area contributed by atoms with E-state index >= 15 is 0 Å². The monoisotopic (exact) mass is 313 g/mol. The molecule has 6 heteroatoms. The fourth-order valence-electron chi connectivity index (χ4n) is 1.50. The average Bonchev–Trinajstić information content (AvgIpc) is 2.77. The van der Waals surface area contributed by atoms with Gasteiger partial charge in [0, 0.05) is 10.4 Å². The summed E-state index contributed by atoms with van der Waals surface area (Å²) in [4.78, 5) is 4.23. The van der Waals surface area contributed by atoms with Gasteiger partial charge in [-0.1, -0.05) is 41.0 Å². The molecule has 0 spiro atoms. The molecular weight excluding hydrogens is 301 g/mol. The Morgan fingerprint density at radius 1 is 1.39 bits per heavy atom. The topological polar surface area (TPSA) is 64.9 Å². The third kappa shape index (κ3) is 2.59. The summed E-state index contributed by atoms with van der Waals surface area (Å²) in [6.45, 7) is 3.91. The molecule has 2 rings (SSSR count). The number of hydrogen-bond donors (Lipinski definition) is 1. The predicted octanol–water partition coefficient (Wildman–Crippen LogP) is 3.14. The summed E-state index contributed by atoms with van der Waals surface area (Å²) in [5, 5.41) is 3.85. The molecule has 0 aliphatic rings. The number of rotatable bonds is 3. The Kier molecular flexibility index (Phi) is 3.77. The van der Waals surface area contributed by atoms with Crippen molar-refractivity contribution in [3.05, 3.63) is 45.8 Å². The lowest BCUT2D eigenvalue weighted by atomic mass is 10.1. The molecular formula is C12H13BrFN3O. The number of benzene rings is 1. The van der Waals surface area contributed by atoms with E-state index in [0.717, 1.165) is 0 Å². The van der Waals surface area contributed by atoms with E-state index in [0.29, 0.717) is 21.8 Å². The first-order valence-electron chi connectivity index (χ1n) is 5.53. The van der Waals surface area contributed by atoms with Crippen LogP contribution >= 0.6 is 15.9 Å². The summed E-state index contributed by atoms with van der Waals surface area (Å²) < 4.78 is 18.7. The van der Waals surface area contributed by atoms with Crippen LogP contribution in [-0.4, -0.2) is 10.1 Å². The van der Waals surface area contributed by atoms with Crippen molar-refractivity contribution in [1.82, 2.24) is 10.1 Å². The second-order valence-corrected chi connectivity index (χ2v) is 5.14. The summed E-state index contributed by atoms with van der Waals surface area (Å²) in [7, 11) is 0. The Bertz CT molecular complexity index is 556. The van der Waals surface area contributed by atoms with E-state index in [-0.39, 0.29) is 11.7 Å². The van der Waals surface area contributed by atoms with Crippen LogP contribution in [-0.2, 0) is 0 Å². The van der Waals surface area contributed by atoms with Crippen LogP contribution < -0.4 is 5.73 Å². The molecule has 0 radical (unpaired) electrons. The second kappa shape index (κ2) is 5.16. The van der Waals surface area contributed by atoms with Crippen molar-refractivity contribution < 1.29 is 8.91 Å². The van der Waals surface area contributed by atoms with Crippen LogP contribution in [0.1, 0.15) is 43.1 Å². The van der Waals surface area contributed by atoms with E-state index in [9.17, 15) is 4.39 Å². The van der Waals surface area contributed by atoms with Crippen molar-refractivity contribution in [2.45, 2.75) is 25.8 Å². The molecule has 96 valence electrons. The molecule has 0 bridgehead atoms. The molecule has 0 saturated carbocycles. The highest BCUT2D eigenvalue weighted by atomic mass is 79.9. The van der Waals surface area contributed by atoms with Crippen molar-refractivity contribution in [3.63, 3.8) is 0 Å². The van der Waals surface area contributed by atoms with Gasteiger partial charge in [0.05, 0.1) is 6.04 Å². The zero-order valence-electron chi connectivity index (χ0n) is 10.0. The molecule has 2 N–H and O–H groups in total. The Morgan fingerprint density at radius 3 is 2.67 bits per heavy atom. The van der Waals surface area contributed by atoms with Crippen LogP contribution in [0.5, 0.6) is 0 Å². The molecule has 1 heterocycles. The third-order valence-electron chi connectivity index (χ3n) is 2.53. The lowest BCUT2D eigenvalue weighted by Crippen LogP contribution is -2.14. The minimum Gasteiger partial charge on any atom is -0.339 e. The van der Waals surface area contributed by atoms with Crippen molar-refractivity contribution in [2.24, 2.45) is 5.73 Å². The zero-order valence-corrected chi connectivity index (χ0v) is 11.6. The summed E-state index contributed by atoms with van der Waals surface area (Å²) in [5.41, 5.74) is 6.76. The Labute approximate surface area is 113 Å². The highest BCUT2D eigenvalue weighted by molar-refractivity contribution is 9.10. The van der Waals surface area contributed by atoms with Gasteiger partial charge < -0.3 is 10.3 Å². The van der Waals surface area contributed by atoms with E-state index in [1.54, 1.807) is 6.07 Å². The maximum atomic E-state index is 13.0. The normalized spacial score (nSPS) is 13.0. The van der Waals surface area contributed by atoms with Gasteiger partial charge >= 0.3 is 0 Å². The number of aromatic nitrogens is 2. The van der Waals surface area contributed by atoms with Crippen LogP contribution in [0.2, 0.25) is 0 Å². The minimum absolute atomic E-state index is 0.148. The maximum Gasteiger partial charge on any atom is 0.229 e. The van der Waals surface area contributed by atoms with E-state index < -0.39 is 6.04 Å². The van der Waals surface area contributed by atoms with Crippen molar-refractivity contribution in [1.29, 1.82) is 0 Å². The zero-order chi connectivity index (χ0) is 13.3.